The Hall–Kier alpha value is -3.54. The highest BCUT2D eigenvalue weighted by Gasteiger charge is 2.75. The molecule has 7 atom stereocenters. The van der Waals surface area contributed by atoms with Gasteiger partial charge in [-0.3, -0.25) is 19.2 Å². The van der Waals surface area contributed by atoms with E-state index in [1.807, 2.05) is 30.3 Å². The highest BCUT2D eigenvalue weighted by molar-refractivity contribution is 5.98. The summed E-state index contributed by atoms with van der Waals surface area (Å²) in [4.78, 5) is 59.0. The molecule has 0 aromatic heterocycles. The molecular weight excluding hydrogens is 602 g/mol. The van der Waals surface area contributed by atoms with Crippen molar-refractivity contribution < 1.29 is 38.5 Å². The number of allylic oxidation sites excluding steroid dienone is 1. The van der Waals surface area contributed by atoms with Crippen LogP contribution in [0.3, 0.4) is 0 Å². The van der Waals surface area contributed by atoms with E-state index in [1.165, 1.54) is 7.11 Å². The topological polar surface area (TPSA) is 135 Å². The van der Waals surface area contributed by atoms with Crippen molar-refractivity contribution in [3.63, 3.8) is 0 Å². The first-order chi connectivity index (χ1) is 22.8. The Balaban J connectivity index is 1.67. The van der Waals surface area contributed by atoms with E-state index >= 15 is 0 Å². The molecule has 3 fully saturated rings. The number of hydrogen-bond acceptors (Lipinski definition) is 8. The van der Waals surface area contributed by atoms with Crippen molar-refractivity contribution in [3.8, 4) is 0 Å². The van der Waals surface area contributed by atoms with E-state index in [-0.39, 0.29) is 43.9 Å². The lowest BCUT2D eigenvalue weighted by Gasteiger charge is -2.37. The molecule has 3 saturated heterocycles. The van der Waals surface area contributed by atoms with Crippen LogP contribution in [0.2, 0.25) is 0 Å². The zero-order valence-corrected chi connectivity index (χ0v) is 27.8. The van der Waals surface area contributed by atoms with Crippen molar-refractivity contribution in [2.75, 3.05) is 40.0 Å². The third kappa shape index (κ3) is 7.79. The van der Waals surface area contributed by atoms with Crippen LogP contribution in [0.4, 0.5) is 0 Å². The van der Waals surface area contributed by atoms with E-state index in [2.05, 4.69) is 25.4 Å². The molecule has 0 aliphatic carbocycles. The van der Waals surface area contributed by atoms with Crippen LogP contribution in [-0.4, -0.2) is 102 Å². The lowest BCUT2D eigenvalue weighted by atomic mass is 9.70. The molecule has 1 aromatic carbocycles. The molecule has 0 saturated carbocycles. The number of ether oxygens (including phenoxy) is 3. The van der Waals surface area contributed by atoms with Gasteiger partial charge >= 0.3 is 5.97 Å². The SMILES string of the molecule is C=CCCC(=O)N[C@@H](COC)[C@@H](OC(=O)[C@@H]1[C@H]2C(=O)N(CCCCO)[C@H](C(=O)N(CC=C)CCCC)[C@]23CC[C@H]1O3)c1ccccc1. The lowest BCUT2D eigenvalue weighted by molar-refractivity contribution is -0.163. The summed E-state index contributed by atoms with van der Waals surface area (Å²) >= 11 is 0. The molecule has 0 radical (unpaired) electrons. The van der Waals surface area contributed by atoms with E-state index in [9.17, 15) is 24.3 Å². The number of likely N-dealkylation sites (tertiary alicyclic amines) is 1. The average molecular weight is 654 g/mol. The van der Waals surface area contributed by atoms with Crippen LogP contribution in [0, 0.1) is 11.8 Å². The fourth-order valence-electron chi connectivity index (χ4n) is 7.43. The van der Waals surface area contributed by atoms with Crippen LogP contribution >= 0.6 is 0 Å². The Morgan fingerprint density at radius 2 is 1.96 bits per heavy atom. The van der Waals surface area contributed by atoms with Gasteiger partial charge in [0.1, 0.15) is 17.7 Å². The van der Waals surface area contributed by atoms with Crippen molar-refractivity contribution in [2.24, 2.45) is 11.8 Å². The standard InChI is InChI=1S/C36H51N3O8/c1-5-8-17-28(41)37-26(24-45-4)31(25-15-11-10-12-16-25)46-35(44)29-27-18-19-36(47-27)30(29)33(42)39(22-13-14-23-40)32(36)34(43)38(20-7-3)21-9-6-2/h5,7,10-12,15-16,26-27,29-32,40H,1,3,6,8-9,13-14,17-24H2,2,4H3,(H,37,41)/t26-,27+,29-,30-,31-,32+,36-/m0/s1. The number of aliphatic hydroxyl groups is 1. The maximum Gasteiger partial charge on any atom is 0.313 e. The molecule has 47 heavy (non-hydrogen) atoms. The fraction of sp³-hybridized carbons (Fsp3) is 0.611. The number of aliphatic hydroxyl groups excluding tert-OH is 1. The van der Waals surface area contributed by atoms with Gasteiger partial charge in [-0.25, -0.2) is 0 Å². The maximum absolute atomic E-state index is 14.3. The number of rotatable bonds is 20. The molecule has 11 nitrogen and oxygen atoms in total. The normalized spacial score (nSPS) is 25.6. The third-order valence-corrected chi connectivity index (χ3v) is 9.56. The number of benzene rings is 1. The second-order valence-electron chi connectivity index (χ2n) is 12.7. The molecule has 2 N–H and O–H groups in total. The predicted molar refractivity (Wildman–Crippen MR) is 176 cm³/mol. The van der Waals surface area contributed by atoms with Crippen molar-refractivity contribution in [1.29, 1.82) is 0 Å². The highest BCUT2D eigenvalue weighted by atomic mass is 16.6. The van der Waals surface area contributed by atoms with E-state index in [0.29, 0.717) is 50.8 Å². The minimum absolute atomic E-state index is 0.0323. The van der Waals surface area contributed by atoms with Gasteiger partial charge in [-0.2, -0.15) is 0 Å². The number of unbranched alkanes of at least 4 members (excludes halogenated alkanes) is 2. The molecule has 3 aliphatic heterocycles. The Morgan fingerprint density at radius 1 is 1.19 bits per heavy atom. The Labute approximate surface area is 278 Å². The largest absolute Gasteiger partial charge is 0.455 e. The zero-order valence-electron chi connectivity index (χ0n) is 27.8. The van der Waals surface area contributed by atoms with Gasteiger partial charge in [0.25, 0.3) is 0 Å². The summed E-state index contributed by atoms with van der Waals surface area (Å²) in [6.07, 6.45) is 6.20. The molecule has 3 heterocycles. The lowest BCUT2D eigenvalue weighted by Crippen LogP contribution is -2.56. The van der Waals surface area contributed by atoms with Gasteiger partial charge in [-0.15, -0.1) is 13.2 Å². The highest BCUT2D eigenvalue weighted by Crippen LogP contribution is 2.59. The number of amides is 3. The summed E-state index contributed by atoms with van der Waals surface area (Å²) in [5, 5.41) is 12.4. The number of nitrogens with one attached hydrogen (secondary N) is 1. The molecular formula is C36H51N3O8. The van der Waals surface area contributed by atoms with Gasteiger partial charge in [-0.05, 0) is 44.1 Å². The zero-order chi connectivity index (χ0) is 34.0. The molecule has 0 unspecified atom stereocenters. The molecule has 1 aromatic rings. The smallest absolute Gasteiger partial charge is 0.313 e. The Bertz CT molecular complexity index is 1260. The average Bonchev–Trinajstić information content (AvgIpc) is 3.72. The van der Waals surface area contributed by atoms with Crippen molar-refractivity contribution >= 4 is 23.7 Å². The molecule has 1 spiro atoms. The van der Waals surface area contributed by atoms with Gasteiger partial charge in [0.15, 0.2) is 0 Å². The summed E-state index contributed by atoms with van der Waals surface area (Å²) < 4.78 is 18.3. The summed E-state index contributed by atoms with van der Waals surface area (Å²) in [6, 6.07) is 7.53. The van der Waals surface area contributed by atoms with Crippen LogP contribution < -0.4 is 5.32 Å². The monoisotopic (exact) mass is 653 g/mol. The molecule has 3 aliphatic rings. The Kier molecular flexibility index (Phi) is 13.2. The summed E-state index contributed by atoms with van der Waals surface area (Å²) in [5.74, 6) is -3.18. The number of nitrogens with zero attached hydrogens (tertiary/aromatic N) is 2. The number of carbonyl (C=O) groups is 4. The predicted octanol–water partition coefficient (Wildman–Crippen LogP) is 3.33. The van der Waals surface area contributed by atoms with E-state index < -0.39 is 47.7 Å². The van der Waals surface area contributed by atoms with Gasteiger partial charge in [0.2, 0.25) is 17.7 Å². The van der Waals surface area contributed by atoms with Crippen molar-refractivity contribution in [3.05, 3.63) is 61.2 Å². The summed E-state index contributed by atoms with van der Waals surface area (Å²) in [6.45, 7) is 10.7. The number of esters is 1. The second kappa shape index (κ2) is 17.0. The first kappa shape index (κ1) is 36.3. The minimum atomic E-state index is -1.17. The number of hydrogen-bond donors (Lipinski definition) is 2. The van der Waals surface area contributed by atoms with Crippen LogP contribution in [0.5, 0.6) is 0 Å². The van der Waals surface area contributed by atoms with Crippen LogP contribution in [0.25, 0.3) is 0 Å². The molecule has 2 bridgehead atoms. The second-order valence-corrected chi connectivity index (χ2v) is 12.7. The third-order valence-electron chi connectivity index (χ3n) is 9.56. The first-order valence-electron chi connectivity index (χ1n) is 16.9. The molecule has 258 valence electrons. The summed E-state index contributed by atoms with van der Waals surface area (Å²) in [7, 11) is 1.51. The maximum atomic E-state index is 14.3. The van der Waals surface area contributed by atoms with Crippen LogP contribution in [0.15, 0.2) is 55.6 Å². The van der Waals surface area contributed by atoms with E-state index in [1.54, 1.807) is 22.0 Å². The number of methoxy groups -OCH3 is 1. The van der Waals surface area contributed by atoms with Crippen molar-refractivity contribution in [2.45, 2.75) is 88.2 Å². The number of fused-ring (bicyclic) bond motifs is 1. The fourth-order valence-corrected chi connectivity index (χ4v) is 7.43. The molecule has 3 amide bonds. The van der Waals surface area contributed by atoms with Crippen LogP contribution in [0.1, 0.15) is 70.0 Å². The van der Waals surface area contributed by atoms with Crippen LogP contribution in [-0.2, 0) is 33.4 Å². The summed E-state index contributed by atoms with van der Waals surface area (Å²) in [5.41, 5.74) is -0.501. The molecule has 11 heteroatoms. The van der Waals surface area contributed by atoms with E-state index in [0.717, 1.165) is 12.8 Å². The van der Waals surface area contributed by atoms with E-state index in [4.69, 9.17) is 14.2 Å². The minimum Gasteiger partial charge on any atom is -0.455 e. The van der Waals surface area contributed by atoms with Gasteiger partial charge in [0, 0.05) is 39.8 Å². The molecule has 4 rings (SSSR count). The number of carbonyl (C=O) groups excluding carboxylic acids is 4. The van der Waals surface area contributed by atoms with Gasteiger partial charge < -0.3 is 34.4 Å². The van der Waals surface area contributed by atoms with Gasteiger partial charge in [-0.1, -0.05) is 55.8 Å². The quantitative estimate of drug-likeness (QED) is 0.124. The van der Waals surface area contributed by atoms with Gasteiger partial charge in [0.05, 0.1) is 30.6 Å². The van der Waals surface area contributed by atoms with Crippen molar-refractivity contribution in [1.82, 2.24) is 15.1 Å². The Morgan fingerprint density at radius 3 is 2.62 bits per heavy atom. The first-order valence-corrected chi connectivity index (χ1v) is 16.9.